The van der Waals surface area contributed by atoms with Gasteiger partial charge < -0.3 is 18.7 Å². The fraction of sp³-hybridized carbons (Fsp3) is 0.667. The van der Waals surface area contributed by atoms with Crippen LogP contribution in [0.4, 0.5) is 4.79 Å². The van der Waals surface area contributed by atoms with Crippen LogP contribution < -0.4 is 5.32 Å². The third kappa shape index (κ3) is 6.82. The summed E-state index contributed by atoms with van der Waals surface area (Å²) in [7, 11) is -3.50. The molecule has 1 heterocycles. The lowest BCUT2D eigenvalue weighted by Gasteiger charge is -2.36. The predicted molar refractivity (Wildman–Crippen MR) is 114 cm³/mol. The Hall–Kier alpha value is -1.40. The highest BCUT2D eigenvalue weighted by molar-refractivity contribution is 7.54. The summed E-state index contributed by atoms with van der Waals surface area (Å²) in [5, 5.41) is 3.37. The number of carbonyl (C=O) groups is 1. The van der Waals surface area contributed by atoms with Gasteiger partial charge in [-0.2, -0.15) is 0 Å². The third-order valence-corrected chi connectivity index (χ3v) is 7.05. The SMILES string of the molecule is CCOP(=O)(OCC)[C@H](NCc1ccccc1)[C@@H]1CCCN1C(=O)OC(C)(C)C. The Kier molecular flexibility index (Phi) is 8.71. The van der Waals surface area contributed by atoms with Gasteiger partial charge in [0.05, 0.1) is 19.3 Å². The number of benzene rings is 1. The summed E-state index contributed by atoms with van der Waals surface area (Å²) in [4.78, 5) is 14.5. The zero-order valence-electron chi connectivity index (χ0n) is 18.2. The minimum atomic E-state index is -3.50. The van der Waals surface area contributed by atoms with Gasteiger partial charge in [0.15, 0.2) is 0 Å². The minimum absolute atomic E-state index is 0.264. The van der Waals surface area contributed by atoms with E-state index in [1.807, 2.05) is 51.1 Å². The van der Waals surface area contributed by atoms with Crippen molar-refractivity contribution in [3.63, 3.8) is 0 Å². The van der Waals surface area contributed by atoms with Crippen LogP contribution in [-0.4, -0.2) is 48.2 Å². The van der Waals surface area contributed by atoms with Gasteiger partial charge in [0.2, 0.25) is 0 Å². The first-order valence-electron chi connectivity index (χ1n) is 10.4. The molecule has 0 bridgehead atoms. The number of carbonyl (C=O) groups excluding carboxylic acids is 1. The van der Waals surface area contributed by atoms with E-state index in [1.165, 1.54) is 0 Å². The number of rotatable bonds is 9. The van der Waals surface area contributed by atoms with Gasteiger partial charge >= 0.3 is 13.7 Å². The highest BCUT2D eigenvalue weighted by atomic mass is 31.2. The summed E-state index contributed by atoms with van der Waals surface area (Å²) in [6.45, 7) is 10.7. The maximum Gasteiger partial charge on any atom is 0.410 e. The van der Waals surface area contributed by atoms with Crippen LogP contribution in [0, 0.1) is 0 Å². The van der Waals surface area contributed by atoms with Crippen molar-refractivity contribution in [1.82, 2.24) is 10.2 Å². The van der Waals surface area contributed by atoms with E-state index < -0.39 is 25.1 Å². The highest BCUT2D eigenvalue weighted by Crippen LogP contribution is 2.55. The highest BCUT2D eigenvalue weighted by Gasteiger charge is 2.47. The molecule has 0 aromatic heterocycles. The number of hydrogen-bond donors (Lipinski definition) is 1. The number of amides is 1. The number of hydrogen-bond acceptors (Lipinski definition) is 6. The molecule has 0 spiro atoms. The molecule has 1 aromatic rings. The maximum absolute atomic E-state index is 13.7. The summed E-state index contributed by atoms with van der Waals surface area (Å²) in [6, 6.07) is 9.52. The molecule has 0 radical (unpaired) electrons. The Morgan fingerprint density at radius 1 is 1.21 bits per heavy atom. The average molecular weight is 426 g/mol. The van der Waals surface area contributed by atoms with Crippen LogP contribution in [0.25, 0.3) is 0 Å². The molecular weight excluding hydrogens is 391 g/mol. The van der Waals surface area contributed by atoms with Gasteiger partial charge in [-0.1, -0.05) is 30.3 Å². The second-order valence-electron chi connectivity index (χ2n) is 8.07. The lowest BCUT2D eigenvalue weighted by molar-refractivity contribution is 0.0208. The van der Waals surface area contributed by atoms with Crippen LogP contribution in [0.5, 0.6) is 0 Å². The fourth-order valence-electron chi connectivity index (χ4n) is 3.50. The van der Waals surface area contributed by atoms with E-state index in [4.69, 9.17) is 13.8 Å². The molecule has 2 atom stereocenters. The van der Waals surface area contributed by atoms with Crippen LogP contribution in [-0.2, 0) is 24.9 Å². The third-order valence-electron chi connectivity index (χ3n) is 4.61. The quantitative estimate of drug-likeness (QED) is 0.573. The number of nitrogens with zero attached hydrogens (tertiary/aromatic N) is 1. The number of likely N-dealkylation sites (tertiary alicyclic amines) is 1. The Morgan fingerprint density at radius 3 is 2.38 bits per heavy atom. The molecule has 7 nitrogen and oxygen atoms in total. The Labute approximate surface area is 174 Å². The summed E-state index contributed by atoms with van der Waals surface area (Å²) < 4.78 is 30.6. The van der Waals surface area contributed by atoms with Crippen molar-refractivity contribution in [3.8, 4) is 0 Å². The second-order valence-corrected chi connectivity index (χ2v) is 10.2. The van der Waals surface area contributed by atoms with Gasteiger partial charge in [0.25, 0.3) is 0 Å². The van der Waals surface area contributed by atoms with E-state index in [9.17, 15) is 9.36 Å². The molecule has 8 heteroatoms. The van der Waals surface area contributed by atoms with Crippen molar-refractivity contribution in [1.29, 1.82) is 0 Å². The first-order chi connectivity index (χ1) is 13.7. The summed E-state index contributed by atoms with van der Waals surface area (Å²) >= 11 is 0. The average Bonchev–Trinajstić information content (AvgIpc) is 3.11. The minimum Gasteiger partial charge on any atom is -0.444 e. The molecule has 29 heavy (non-hydrogen) atoms. The summed E-state index contributed by atoms with van der Waals surface area (Å²) in [5.41, 5.74) is 0.458. The first-order valence-corrected chi connectivity index (χ1v) is 12.0. The molecule has 1 fully saturated rings. The molecule has 0 unspecified atom stereocenters. The molecule has 164 valence electrons. The largest absolute Gasteiger partial charge is 0.444 e. The lowest BCUT2D eigenvalue weighted by Crippen LogP contribution is -2.50. The van der Waals surface area contributed by atoms with Gasteiger partial charge in [0, 0.05) is 13.1 Å². The molecule has 1 saturated heterocycles. The van der Waals surface area contributed by atoms with Crippen LogP contribution in [0.15, 0.2) is 30.3 Å². The molecule has 1 aliphatic rings. The smallest absolute Gasteiger partial charge is 0.410 e. The maximum atomic E-state index is 13.7. The van der Waals surface area contributed by atoms with Gasteiger partial charge in [0.1, 0.15) is 11.4 Å². The summed E-state index contributed by atoms with van der Waals surface area (Å²) in [6.07, 6.45) is 1.12. The molecular formula is C21H35N2O5P. The van der Waals surface area contributed by atoms with Crippen LogP contribution >= 0.6 is 7.60 Å². The number of nitrogens with one attached hydrogen (secondary N) is 1. The Balaban J connectivity index is 2.29. The first kappa shape index (κ1) is 23.9. The van der Waals surface area contributed by atoms with Crippen LogP contribution in [0.1, 0.15) is 53.0 Å². The van der Waals surface area contributed by atoms with Crippen molar-refractivity contribution < 1.29 is 23.1 Å². The second kappa shape index (κ2) is 10.6. The van der Waals surface area contributed by atoms with Crippen molar-refractivity contribution in [2.45, 2.75) is 71.4 Å². The number of ether oxygens (including phenoxy) is 1. The molecule has 2 rings (SSSR count). The van der Waals surface area contributed by atoms with Crippen LogP contribution in [0.3, 0.4) is 0 Å². The van der Waals surface area contributed by atoms with Crippen molar-refractivity contribution in [2.75, 3.05) is 19.8 Å². The van der Waals surface area contributed by atoms with E-state index in [-0.39, 0.29) is 19.3 Å². The molecule has 0 saturated carbocycles. The van der Waals surface area contributed by atoms with E-state index in [0.29, 0.717) is 19.5 Å². The predicted octanol–water partition coefficient (Wildman–Crippen LogP) is 4.77. The van der Waals surface area contributed by atoms with Crippen molar-refractivity contribution >= 4 is 13.7 Å². The van der Waals surface area contributed by atoms with Crippen LogP contribution in [0.2, 0.25) is 0 Å². The molecule has 1 aliphatic heterocycles. The summed E-state index contributed by atoms with van der Waals surface area (Å²) in [5.74, 6) is -0.641. The zero-order valence-corrected chi connectivity index (χ0v) is 19.1. The molecule has 1 amide bonds. The zero-order chi connectivity index (χ0) is 21.5. The molecule has 1 aromatic carbocycles. The van der Waals surface area contributed by atoms with Gasteiger partial charge in [-0.25, -0.2) is 4.79 Å². The van der Waals surface area contributed by atoms with E-state index >= 15 is 0 Å². The fourth-order valence-corrected chi connectivity index (χ4v) is 5.66. The van der Waals surface area contributed by atoms with Gasteiger partial charge in [-0.15, -0.1) is 0 Å². The molecule has 0 aliphatic carbocycles. The Bertz CT molecular complexity index is 682. The monoisotopic (exact) mass is 426 g/mol. The van der Waals surface area contributed by atoms with E-state index in [2.05, 4.69) is 5.32 Å². The lowest BCUT2D eigenvalue weighted by atomic mass is 10.2. The van der Waals surface area contributed by atoms with E-state index in [0.717, 1.165) is 12.0 Å². The topological polar surface area (TPSA) is 77.1 Å². The Morgan fingerprint density at radius 2 is 1.83 bits per heavy atom. The van der Waals surface area contributed by atoms with Crippen molar-refractivity contribution in [2.24, 2.45) is 0 Å². The van der Waals surface area contributed by atoms with Crippen molar-refractivity contribution in [3.05, 3.63) is 35.9 Å². The normalized spacial score (nSPS) is 18.7. The standard InChI is InChI=1S/C21H35N2O5P/c1-6-26-29(25,27-7-2)19(22-16-17-12-9-8-10-13-17)18-14-11-15-23(18)20(24)28-21(3,4)5/h8-10,12-13,18-19,22H,6-7,11,14-16H2,1-5H3/t18-,19-/m0/s1. The van der Waals surface area contributed by atoms with Gasteiger partial charge in [-0.3, -0.25) is 9.88 Å². The molecule has 1 N–H and O–H groups in total. The van der Waals surface area contributed by atoms with Gasteiger partial charge in [-0.05, 0) is 53.0 Å². The van der Waals surface area contributed by atoms with E-state index in [1.54, 1.807) is 18.7 Å².